The molecule has 0 fully saturated rings. The van der Waals surface area contributed by atoms with Crippen molar-refractivity contribution in [2.75, 3.05) is 11.8 Å². The maximum absolute atomic E-state index is 11.7. The average molecular weight is 237 g/mol. The first-order valence-electron chi connectivity index (χ1n) is 4.92. The van der Waals surface area contributed by atoms with Gasteiger partial charge in [0.15, 0.2) is 5.78 Å². The van der Waals surface area contributed by atoms with Crippen LogP contribution < -0.4 is 4.72 Å². The van der Waals surface area contributed by atoms with Gasteiger partial charge in [-0.2, -0.15) is 0 Å². The summed E-state index contributed by atoms with van der Waals surface area (Å²) in [5.41, 5.74) is 1.55. The zero-order valence-electron chi connectivity index (χ0n) is 9.19. The molecular weight excluding hydrogens is 222 g/mol. The smallest absolute Gasteiger partial charge is 0.163 e. The Morgan fingerprint density at radius 1 is 1.38 bits per heavy atom. The van der Waals surface area contributed by atoms with Crippen LogP contribution >= 0.6 is 12.8 Å². The van der Waals surface area contributed by atoms with E-state index in [9.17, 15) is 4.79 Å². The van der Waals surface area contributed by atoms with Crippen molar-refractivity contribution in [3.63, 3.8) is 0 Å². The molecule has 0 aromatic heterocycles. The van der Waals surface area contributed by atoms with Crippen molar-refractivity contribution in [3.8, 4) is 0 Å². The zero-order chi connectivity index (χ0) is 12.0. The lowest BCUT2D eigenvalue weighted by atomic mass is 10.1. The Morgan fingerprint density at radius 3 is 2.50 bits per heavy atom. The van der Waals surface area contributed by atoms with E-state index in [1.165, 1.54) is 0 Å². The van der Waals surface area contributed by atoms with Crippen LogP contribution in [-0.4, -0.2) is 12.9 Å². The summed E-state index contributed by atoms with van der Waals surface area (Å²) < 4.78 is 7.61. The number of carbonyl (C=O) groups is 1. The Balaban J connectivity index is 2.56. The SMILES string of the molecule is C=C(CCC(=O)c1ccc(NS)cc1)OC. The second kappa shape index (κ2) is 6.23. The van der Waals surface area contributed by atoms with Gasteiger partial charge < -0.3 is 9.46 Å². The third-order valence-corrected chi connectivity index (χ3v) is 2.51. The maximum Gasteiger partial charge on any atom is 0.163 e. The third-order valence-electron chi connectivity index (χ3n) is 2.26. The molecule has 0 spiro atoms. The van der Waals surface area contributed by atoms with Crippen LogP contribution in [0.2, 0.25) is 0 Å². The fourth-order valence-corrected chi connectivity index (χ4v) is 1.38. The predicted octanol–water partition coefficient (Wildman–Crippen LogP) is 3.07. The number of methoxy groups -OCH3 is 1. The first-order valence-corrected chi connectivity index (χ1v) is 5.37. The lowest BCUT2D eigenvalue weighted by Crippen LogP contribution is -2.00. The number of allylic oxidation sites excluding steroid dienone is 1. The molecule has 0 aliphatic carbocycles. The van der Waals surface area contributed by atoms with E-state index in [1.807, 2.05) is 12.1 Å². The first-order chi connectivity index (χ1) is 7.67. The van der Waals surface area contributed by atoms with Crippen LogP contribution in [0.5, 0.6) is 0 Å². The molecule has 16 heavy (non-hydrogen) atoms. The second-order valence-corrected chi connectivity index (χ2v) is 3.58. The highest BCUT2D eigenvalue weighted by Gasteiger charge is 2.06. The maximum atomic E-state index is 11.7. The monoisotopic (exact) mass is 237 g/mol. The predicted molar refractivity (Wildman–Crippen MR) is 68.8 cm³/mol. The van der Waals surface area contributed by atoms with E-state index in [4.69, 9.17) is 4.74 Å². The molecule has 4 heteroatoms. The molecule has 0 aliphatic heterocycles. The van der Waals surface area contributed by atoms with Crippen molar-refractivity contribution in [2.45, 2.75) is 12.8 Å². The summed E-state index contributed by atoms with van der Waals surface area (Å²) in [6.07, 6.45) is 0.974. The number of ketones is 1. The normalized spacial score (nSPS) is 9.62. The highest BCUT2D eigenvalue weighted by Crippen LogP contribution is 2.13. The number of benzene rings is 1. The molecule has 1 aromatic rings. The van der Waals surface area contributed by atoms with E-state index in [0.29, 0.717) is 24.2 Å². The van der Waals surface area contributed by atoms with Gasteiger partial charge in [-0.1, -0.05) is 19.4 Å². The van der Waals surface area contributed by atoms with Crippen LogP contribution in [0.3, 0.4) is 0 Å². The molecule has 0 heterocycles. The van der Waals surface area contributed by atoms with Crippen molar-refractivity contribution in [2.24, 2.45) is 0 Å². The molecule has 0 aliphatic rings. The highest BCUT2D eigenvalue weighted by molar-refractivity contribution is 7.81. The summed E-state index contributed by atoms with van der Waals surface area (Å²) in [7, 11) is 1.56. The Kier molecular flexibility index (Phi) is 4.92. The number of carbonyl (C=O) groups excluding carboxylic acids is 1. The topological polar surface area (TPSA) is 38.3 Å². The molecule has 1 aromatic carbocycles. The number of nitrogens with one attached hydrogen (secondary N) is 1. The minimum atomic E-state index is 0.0870. The minimum absolute atomic E-state index is 0.0870. The van der Waals surface area contributed by atoms with Gasteiger partial charge in [0.2, 0.25) is 0 Å². The van der Waals surface area contributed by atoms with Crippen LogP contribution in [0.15, 0.2) is 36.6 Å². The lowest BCUT2D eigenvalue weighted by Gasteiger charge is -2.04. The minimum Gasteiger partial charge on any atom is -0.502 e. The number of ether oxygens (including phenoxy) is 1. The van der Waals surface area contributed by atoms with E-state index in [1.54, 1.807) is 19.2 Å². The van der Waals surface area contributed by atoms with Crippen LogP contribution in [0, 0.1) is 0 Å². The number of Topliss-reactive ketones (excluding diaryl/α,β-unsaturated/α-hetero) is 1. The number of rotatable bonds is 6. The van der Waals surface area contributed by atoms with E-state index in [-0.39, 0.29) is 5.78 Å². The molecule has 1 rings (SSSR count). The summed E-state index contributed by atoms with van der Waals surface area (Å²) in [5, 5.41) is 0. The Bertz CT molecular complexity index is 373. The molecule has 0 atom stereocenters. The molecule has 0 radical (unpaired) electrons. The standard InChI is InChI=1S/C12H15NO2S/c1-9(15-2)3-8-12(14)10-4-6-11(13-16)7-5-10/h4-7,13,16H,1,3,8H2,2H3. The van der Waals surface area contributed by atoms with Crippen molar-refractivity contribution in [1.82, 2.24) is 0 Å². The second-order valence-electron chi connectivity index (χ2n) is 3.36. The molecule has 3 nitrogen and oxygen atoms in total. The summed E-state index contributed by atoms with van der Waals surface area (Å²) >= 11 is 3.91. The molecule has 0 bridgehead atoms. The van der Waals surface area contributed by atoms with Crippen molar-refractivity contribution in [3.05, 3.63) is 42.2 Å². The zero-order valence-corrected chi connectivity index (χ0v) is 10.1. The van der Waals surface area contributed by atoms with Gasteiger partial charge in [0.05, 0.1) is 12.9 Å². The van der Waals surface area contributed by atoms with Crippen LogP contribution in [0.1, 0.15) is 23.2 Å². The quantitative estimate of drug-likeness (QED) is 0.453. The Hall–Kier alpha value is -1.42. The number of anilines is 1. The largest absolute Gasteiger partial charge is 0.502 e. The third kappa shape index (κ3) is 3.62. The van der Waals surface area contributed by atoms with E-state index in [0.717, 1.165) is 5.69 Å². The summed E-state index contributed by atoms with van der Waals surface area (Å²) in [4.78, 5) is 11.7. The van der Waals surface area contributed by atoms with Gasteiger partial charge in [0, 0.05) is 24.1 Å². The fourth-order valence-electron chi connectivity index (χ4n) is 1.23. The number of hydrogen-bond donors (Lipinski definition) is 2. The molecule has 0 unspecified atom stereocenters. The highest BCUT2D eigenvalue weighted by atomic mass is 32.1. The summed E-state index contributed by atoms with van der Waals surface area (Å²) in [6.45, 7) is 3.67. The Morgan fingerprint density at radius 2 is 2.00 bits per heavy atom. The molecule has 0 amide bonds. The van der Waals surface area contributed by atoms with Crippen LogP contribution in [0.4, 0.5) is 5.69 Å². The van der Waals surface area contributed by atoms with Crippen LogP contribution in [0.25, 0.3) is 0 Å². The van der Waals surface area contributed by atoms with Gasteiger partial charge in [-0.15, -0.1) is 0 Å². The van der Waals surface area contributed by atoms with Gasteiger partial charge in [-0.25, -0.2) is 0 Å². The summed E-state index contributed by atoms with van der Waals surface area (Å²) in [5.74, 6) is 0.714. The van der Waals surface area contributed by atoms with Crippen molar-refractivity contribution in [1.29, 1.82) is 0 Å². The molecule has 0 saturated heterocycles. The Labute approximate surface area is 101 Å². The van der Waals surface area contributed by atoms with Gasteiger partial charge in [-0.05, 0) is 24.3 Å². The van der Waals surface area contributed by atoms with Gasteiger partial charge in [-0.3, -0.25) is 4.79 Å². The van der Waals surface area contributed by atoms with E-state index in [2.05, 4.69) is 24.1 Å². The van der Waals surface area contributed by atoms with Crippen molar-refractivity contribution >= 4 is 24.3 Å². The van der Waals surface area contributed by atoms with Crippen LogP contribution in [-0.2, 0) is 4.74 Å². The molecule has 86 valence electrons. The van der Waals surface area contributed by atoms with Gasteiger partial charge in [0.25, 0.3) is 0 Å². The lowest BCUT2D eigenvalue weighted by molar-refractivity contribution is 0.0976. The molecule has 0 saturated carbocycles. The van der Waals surface area contributed by atoms with E-state index < -0.39 is 0 Å². The summed E-state index contributed by atoms with van der Waals surface area (Å²) in [6, 6.07) is 7.17. The molecular formula is C12H15NO2S. The fraction of sp³-hybridized carbons (Fsp3) is 0.250. The van der Waals surface area contributed by atoms with Gasteiger partial charge >= 0.3 is 0 Å². The average Bonchev–Trinajstić information content (AvgIpc) is 2.35. The first kappa shape index (κ1) is 12.6. The van der Waals surface area contributed by atoms with E-state index >= 15 is 0 Å². The van der Waals surface area contributed by atoms with Gasteiger partial charge in [0.1, 0.15) is 0 Å². The van der Waals surface area contributed by atoms with Crippen molar-refractivity contribution < 1.29 is 9.53 Å². The number of thiol groups is 1. The number of hydrogen-bond acceptors (Lipinski definition) is 4. The molecule has 1 N–H and O–H groups in total.